The molecule has 0 aliphatic heterocycles. The number of hydrogen-bond donors (Lipinski definition) is 0. The van der Waals surface area contributed by atoms with Crippen LogP contribution < -0.4 is 0 Å². The second-order valence-electron chi connectivity index (χ2n) is 3.02. The highest BCUT2D eigenvalue weighted by molar-refractivity contribution is 4.99. The number of rotatable bonds is 0. The normalized spacial score (nSPS) is 4.97. The molecule has 0 N–H and O–H groups in total. The molecule has 0 radical (unpaired) electrons. The van der Waals surface area contributed by atoms with Gasteiger partial charge in [0.05, 0.1) is 0 Å². The van der Waals surface area contributed by atoms with E-state index in [-0.39, 0.29) is 0 Å². The van der Waals surface area contributed by atoms with Gasteiger partial charge in [0.2, 0.25) is 0 Å². The quantitative estimate of drug-likeness (QED) is 0.337. The van der Waals surface area contributed by atoms with E-state index in [0.29, 0.717) is 0 Å². The molecule has 0 saturated heterocycles. The molecule has 0 atom stereocenters. The molecule has 0 aliphatic carbocycles. The first kappa shape index (κ1) is 69.9. The van der Waals surface area contributed by atoms with E-state index < -0.39 is 0 Å². The summed E-state index contributed by atoms with van der Waals surface area (Å²) in [5.41, 5.74) is 0. The molecule has 0 heterocycles. The van der Waals surface area contributed by atoms with E-state index in [1.165, 1.54) is 6.42 Å². The highest BCUT2D eigenvalue weighted by Gasteiger charge is 1.58. The van der Waals surface area contributed by atoms with E-state index in [2.05, 4.69) is 13.8 Å². The molecule has 35 heavy (non-hydrogen) atoms. The van der Waals surface area contributed by atoms with Crippen LogP contribution in [0.4, 0.5) is 0 Å². The third kappa shape index (κ3) is 276. The van der Waals surface area contributed by atoms with Gasteiger partial charge >= 0.3 is 0 Å². The Hall–Kier alpha value is -1.56. The second-order valence-corrected chi connectivity index (χ2v) is 3.02. The van der Waals surface area contributed by atoms with Crippen LogP contribution in [-0.4, -0.2) is 0 Å². The van der Waals surface area contributed by atoms with Crippen LogP contribution in [0.15, 0.2) is 72.8 Å². The second kappa shape index (κ2) is 245. The van der Waals surface area contributed by atoms with Crippen LogP contribution in [-0.2, 0) is 0 Å². The highest BCUT2D eigenvalue weighted by Crippen LogP contribution is 1.80. The minimum atomic E-state index is 1.25. The summed E-state index contributed by atoms with van der Waals surface area (Å²) in [7, 11) is 0. The van der Waals surface area contributed by atoms with E-state index in [1.807, 2.05) is 211 Å². The number of hydrogen-bond acceptors (Lipinski definition) is 0. The highest BCUT2D eigenvalue weighted by atomic mass is 13.7. The minimum absolute atomic E-state index is 1.25. The molecule has 0 unspecified atom stereocenters. The molecule has 0 amide bonds. The topological polar surface area (TPSA) is 0 Å². The summed E-state index contributed by atoms with van der Waals surface area (Å²) in [6, 6.07) is 24.0. The van der Waals surface area contributed by atoms with Crippen molar-refractivity contribution in [2.75, 3.05) is 0 Å². The molecule has 2 aromatic rings. The molecule has 220 valence electrons. The summed E-state index contributed by atoms with van der Waals surface area (Å²) in [4.78, 5) is 0. The van der Waals surface area contributed by atoms with Crippen LogP contribution in [0.5, 0.6) is 0 Å². The first-order valence-corrected chi connectivity index (χ1v) is 15.4. The molecule has 0 nitrogen and oxygen atoms in total. The maximum Gasteiger partial charge on any atom is -0.0590 e. The monoisotopic (exact) mass is 501 g/mol. The van der Waals surface area contributed by atoms with Crippen LogP contribution in [0.1, 0.15) is 159 Å². The van der Waals surface area contributed by atoms with Crippen molar-refractivity contribution < 1.29 is 0 Å². The van der Waals surface area contributed by atoms with Crippen molar-refractivity contribution in [3.8, 4) is 0 Å². The zero-order valence-electron chi connectivity index (χ0n) is 29.6. The van der Waals surface area contributed by atoms with Gasteiger partial charge in [0.1, 0.15) is 0 Å². The Balaban J connectivity index is -0.0000000208. The molecule has 0 aliphatic rings. The van der Waals surface area contributed by atoms with Crippen LogP contribution in [0.3, 0.4) is 0 Å². The Morgan fingerprint density at radius 2 is 0.229 bits per heavy atom. The number of benzene rings is 2. The van der Waals surface area contributed by atoms with E-state index >= 15 is 0 Å². The van der Waals surface area contributed by atoms with Gasteiger partial charge in [-0.1, -0.05) is 232 Å². The maximum atomic E-state index is 2.12. The molecule has 2 aromatic carbocycles. The molecule has 0 saturated carbocycles. The van der Waals surface area contributed by atoms with Crippen LogP contribution >= 0.6 is 0 Å². The van der Waals surface area contributed by atoms with E-state index in [0.717, 1.165) is 0 Å². The van der Waals surface area contributed by atoms with Gasteiger partial charge in [0.15, 0.2) is 0 Å². The van der Waals surface area contributed by atoms with Crippen LogP contribution in [0, 0.1) is 0 Å². The first-order chi connectivity index (χ1) is 17.4. The first-order valence-electron chi connectivity index (χ1n) is 15.4. The molecule has 0 bridgehead atoms. The zero-order chi connectivity index (χ0) is 31.2. The van der Waals surface area contributed by atoms with Gasteiger partial charge in [-0.25, -0.2) is 0 Å². The van der Waals surface area contributed by atoms with Crippen molar-refractivity contribution in [1.82, 2.24) is 0 Å². The fraction of sp³-hybridized carbons (Fsp3) is 0.657. The molecule has 0 fully saturated rings. The predicted octanol–water partition coefficient (Wildman–Crippen LogP) is 15.1. The van der Waals surface area contributed by atoms with Gasteiger partial charge in [-0.05, 0) is 0 Å². The fourth-order valence-electron chi connectivity index (χ4n) is 0.770. The lowest BCUT2D eigenvalue weighted by molar-refractivity contribution is 1.09. The SMILES string of the molecule is CC.CC.CC.CC.CC.CC.CC.CC.CC.CC.CCC.c1ccccc1.c1ccccc1. The third-order valence-electron chi connectivity index (χ3n) is 1.33. The van der Waals surface area contributed by atoms with Gasteiger partial charge < -0.3 is 0 Å². The summed E-state index contributed by atoms with van der Waals surface area (Å²) in [5, 5.41) is 0. The largest absolute Gasteiger partial charge is 0.0683 e. The third-order valence-corrected chi connectivity index (χ3v) is 1.33. The van der Waals surface area contributed by atoms with Crippen molar-refractivity contribution in [3.05, 3.63) is 72.8 Å². The molecular formula is C35H80. The van der Waals surface area contributed by atoms with Crippen molar-refractivity contribution in [2.24, 2.45) is 0 Å². The van der Waals surface area contributed by atoms with Gasteiger partial charge in [-0.15, -0.1) is 0 Å². The van der Waals surface area contributed by atoms with Crippen LogP contribution in [0.25, 0.3) is 0 Å². The summed E-state index contributed by atoms with van der Waals surface area (Å²) >= 11 is 0. The lowest BCUT2D eigenvalue weighted by Gasteiger charge is -1.69. The van der Waals surface area contributed by atoms with E-state index in [4.69, 9.17) is 0 Å². The van der Waals surface area contributed by atoms with Crippen molar-refractivity contribution in [2.45, 2.75) is 159 Å². The smallest absolute Gasteiger partial charge is 0.0590 e. The summed E-state index contributed by atoms with van der Waals surface area (Å²) < 4.78 is 0. The maximum absolute atomic E-state index is 2.12. The molecule has 0 heteroatoms. The summed E-state index contributed by atoms with van der Waals surface area (Å²) in [6.07, 6.45) is 1.25. The lowest BCUT2D eigenvalue weighted by Crippen LogP contribution is -1.47. The van der Waals surface area contributed by atoms with E-state index in [9.17, 15) is 0 Å². The van der Waals surface area contributed by atoms with Crippen molar-refractivity contribution in [1.29, 1.82) is 0 Å². The predicted molar refractivity (Wildman–Crippen MR) is 182 cm³/mol. The molecular weight excluding hydrogens is 420 g/mol. The van der Waals surface area contributed by atoms with Crippen LogP contribution in [0.2, 0.25) is 0 Å². The van der Waals surface area contributed by atoms with Gasteiger partial charge in [0.25, 0.3) is 0 Å². The fourth-order valence-corrected chi connectivity index (χ4v) is 0.770. The Morgan fingerprint density at radius 3 is 0.257 bits per heavy atom. The van der Waals surface area contributed by atoms with Gasteiger partial charge in [-0.3, -0.25) is 0 Å². The van der Waals surface area contributed by atoms with Crippen molar-refractivity contribution >= 4 is 0 Å². The zero-order valence-corrected chi connectivity index (χ0v) is 29.6. The minimum Gasteiger partial charge on any atom is -0.0683 e. The van der Waals surface area contributed by atoms with Gasteiger partial charge in [0, 0.05) is 0 Å². The van der Waals surface area contributed by atoms with Crippen molar-refractivity contribution in [3.63, 3.8) is 0 Å². The Kier molecular flexibility index (Phi) is 489. The average Bonchev–Trinajstić information content (AvgIpc) is 3.05. The van der Waals surface area contributed by atoms with Gasteiger partial charge in [-0.2, -0.15) is 0 Å². The molecule has 2 rings (SSSR count). The Bertz CT molecular complexity index is 188. The Morgan fingerprint density at radius 1 is 0.200 bits per heavy atom. The van der Waals surface area contributed by atoms with E-state index in [1.54, 1.807) is 0 Å². The Labute approximate surface area is 231 Å². The lowest BCUT2D eigenvalue weighted by atomic mass is 10.4. The summed E-state index contributed by atoms with van der Waals surface area (Å²) in [6.45, 7) is 44.2. The summed E-state index contributed by atoms with van der Waals surface area (Å²) in [5.74, 6) is 0. The molecule has 0 spiro atoms. The standard InChI is InChI=1S/2C6H6.C3H8.10C2H6/c2*1-2-4-6-5-3-1;1-3-2;10*1-2/h2*1-6H;3H2,1-2H3;10*1-2H3. The average molecular weight is 501 g/mol. The molecule has 0 aromatic heterocycles.